The smallest absolute Gasteiger partial charge is 0.273 e. The molecule has 1 saturated heterocycles. The molecule has 0 radical (unpaired) electrons. The van der Waals surface area contributed by atoms with Crippen molar-refractivity contribution in [3.05, 3.63) is 47.0 Å². The number of carbonyl (C=O) groups excluding carboxylic acids is 1. The summed E-state index contributed by atoms with van der Waals surface area (Å²) >= 11 is 6.32. The van der Waals surface area contributed by atoms with E-state index in [0.29, 0.717) is 11.4 Å². The fraction of sp³-hybridized carbons (Fsp3) is 0.350. The van der Waals surface area contributed by atoms with E-state index in [1.807, 2.05) is 6.92 Å². The molecule has 4 heterocycles. The molecule has 0 spiro atoms. The molecule has 0 unspecified atom stereocenters. The Morgan fingerprint density at radius 1 is 1.13 bits per heavy atom. The summed E-state index contributed by atoms with van der Waals surface area (Å²) in [6, 6.07) is 1.59. The highest BCUT2D eigenvalue weighted by Gasteiger charge is 2.22. The van der Waals surface area contributed by atoms with Gasteiger partial charge in [-0.25, -0.2) is 24.3 Å². The lowest BCUT2D eigenvalue weighted by Gasteiger charge is -2.26. The Balaban J connectivity index is 0.00000272. The zero-order valence-corrected chi connectivity index (χ0v) is 18.7. The molecule has 0 aliphatic carbocycles. The summed E-state index contributed by atoms with van der Waals surface area (Å²) in [6.07, 6.45) is 7.25. The van der Waals surface area contributed by atoms with Crippen molar-refractivity contribution >= 4 is 41.6 Å². The molecule has 0 atom stereocenters. The van der Waals surface area contributed by atoms with Crippen LogP contribution < -0.4 is 5.32 Å². The Morgan fingerprint density at radius 3 is 2.52 bits per heavy atom. The largest absolute Gasteiger partial charge is 0.337 e. The lowest BCUT2D eigenvalue weighted by Crippen LogP contribution is -2.36. The second kappa shape index (κ2) is 9.57. The summed E-state index contributed by atoms with van der Waals surface area (Å²) in [5.74, 6) is 0.195. The van der Waals surface area contributed by atoms with Crippen molar-refractivity contribution in [2.75, 3.05) is 18.4 Å². The van der Waals surface area contributed by atoms with Crippen LogP contribution in [-0.2, 0) is 7.05 Å². The van der Waals surface area contributed by atoms with Gasteiger partial charge in [0.2, 0.25) is 5.95 Å². The Morgan fingerprint density at radius 2 is 1.87 bits per heavy atom. The first-order valence-electron chi connectivity index (χ1n) is 9.67. The van der Waals surface area contributed by atoms with E-state index in [2.05, 4.69) is 25.3 Å². The number of anilines is 2. The number of likely N-dealkylation sites (tertiary alicyclic amines) is 1. The summed E-state index contributed by atoms with van der Waals surface area (Å²) in [5.41, 5.74) is 1.38. The molecule has 3 aromatic heterocycles. The van der Waals surface area contributed by atoms with E-state index < -0.39 is 5.82 Å². The van der Waals surface area contributed by atoms with Gasteiger partial charge in [0.15, 0.2) is 5.82 Å². The molecule has 0 aromatic carbocycles. The molecule has 1 fully saturated rings. The molecule has 4 rings (SSSR count). The van der Waals surface area contributed by atoms with Crippen molar-refractivity contribution in [2.24, 2.45) is 7.05 Å². The van der Waals surface area contributed by atoms with Crippen LogP contribution in [0.2, 0.25) is 5.02 Å². The number of pyridine rings is 1. The number of halogens is 3. The number of rotatable bonds is 4. The van der Waals surface area contributed by atoms with Crippen LogP contribution in [0, 0.1) is 12.7 Å². The van der Waals surface area contributed by atoms with Gasteiger partial charge in [0.1, 0.15) is 17.2 Å². The van der Waals surface area contributed by atoms with Gasteiger partial charge in [0.05, 0.1) is 35.0 Å². The normalized spacial score (nSPS) is 13.6. The van der Waals surface area contributed by atoms with Crippen LogP contribution >= 0.6 is 24.0 Å². The molecule has 0 saturated carbocycles. The van der Waals surface area contributed by atoms with Crippen LogP contribution in [0.15, 0.2) is 24.7 Å². The number of aromatic nitrogens is 5. The third-order valence-corrected chi connectivity index (χ3v) is 5.44. The van der Waals surface area contributed by atoms with Gasteiger partial charge >= 0.3 is 0 Å². The first-order chi connectivity index (χ1) is 14.4. The van der Waals surface area contributed by atoms with Gasteiger partial charge in [0, 0.05) is 20.1 Å². The average Bonchev–Trinajstić information content (AvgIpc) is 3.08. The number of imidazole rings is 1. The van der Waals surface area contributed by atoms with Crippen molar-refractivity contribution < 1.29 is 9.18 Å². The van der Waals surface area contributed by atoms with Gasteiger partial charge in [-0.2, -0.15) is 0 Å². The summed E-state index contributed by atoms with van der Waals surface area (Å²) in [7, 11) is 1.79. The number of carbonyl (C=O) groups is 1. The van der Waals surface area contributed by atoms with Gasteiger partial charge < -0.3 is 14.8 Å². The standard InChI is InChI=1S/C20H21ClFN7O.ClH/c1-12-23-11-16(28(12)2)18-15(22)10-25-20(27-18)26-13-8-14(21)17(24-9-13)19(30)29-6-4-3-5-7-29;/h8-11H,3-7H2,1-2H3,(H,25,26,27);1H. The minimum Gasteiger partial charge on any atom is -0.337 e. The lowest BCUT2D eigenvalue weighted by atomic mass is 10.1. The molecule has 8 nitrogen and oxygen atoms in total. The molecule has 1 N–H and O–H groups in total. The molecule has 164 valence electrons. The van der Waals surface area contributed by atoms with Crippen molar-refractivity contribution in [1.29, 1.82) is 0 Å². The van der Waals surface area contributed by atoms with Crippen molar-refractivity contribution in [1.82, 2.24) is 29.4 Å². The zero-order valence-electron chi connectivity index (χ0n) is 17.1. The van der Waals surface area contributed by atoms with Crippen LogP contribution in [0.3, 0.4) is 0 Å². The van der Waals surface area contributed by atoms with E-state index >= 15 is 0 Å². The van der Waals surface area contributed by atoms with Crippen LogP contribution in [0.1, 0.15) is 35.6 Å². The van der Waals surface area contributed by atoms with E-state index in [-0.39, 0.29) is 40.7 Å². The highest BCUT2D eigenvalue weighted by Crippen LogP contribution is 2.25. The molecule has 1 aliphatic heterocycles. The fourth-order valence-electron chi connectivity index (χ4n) is 3.37. The maximum absolute atomic E-state index is 14.3. The van der Waals surface area contributed by atoms with Gasteiger partial charge in [-0.1, -0.05) is 11.6 Å². The first kappa shape index (κ1) is 22.9. The summed E-state index contributed by atoms with van der Waals surface area (Å²) < 4.78 is 16.0. The molecule has 11 heteroatoms. The second-order valence-electron chi connectivity index (χ2n) is 7.17. The zero-order chi connectivity index (χ0) is 21.3. The molecule has 1 amide bonds. The Kier molecular flexibility index (Phi) is 7.07. The molecular formula is C20H22Cl2FN7O. The number of hydrogen-bond donors (Lipinski definition) is 1. The van der Waals surface area contributed by atoms with Gasteiger partial charge in [-0.05, 0) is 32.3 Å². The van der Waals surface area contributed by atoms with Crippen molar-refractivity contribution in [3.63, 3.8) is 0 Å². The van der Waals surface area contributed by atoms with Crippen LogP contribution in [-0.4, -0.2) is 48.4 Å². The third kappa shape index (κ3) is 4.77. The lowest BCUT2D eigenvalue weighted by molar-refractivity contribution is 0.0718. The quantitative estimate of drug-likeness (QED) is 0.621. The number of aryl methyl sites for hydroxylation is 1. The third-order valence-electron chi connectivity index (χ3n) is 5.15. The van der Waals surface area contributed by atoms with Crippen LogP contribution in [0.5, 0.6) is 0 Å². The maximum atomic E-state index is 14.3. The molecule has 3 aromatic rings. The fourth-order valence-corrected chi connectivity index (χ4v) is 3.62. The van der Waals surface area contributed by atoms with Gasteiger partial charge in [-0.15, -0.1) is 12.4 Å². The Bertz CT molecular complexity index is 1100. The number of nitrogens with one attached hydrogen (secondary N) is 1. The van der Waals surface area contributed by atoms with Crippen LogP contribution in [0.25, 0.3) is 11.4 Å². The topological polar surface area (TPSA) is 88.8 Å². The monoisotopic (exact) mass is 465 g/mol. The second-order valence-corrected chi connectivity index (χ2v) is 7.58. The molecule has 0 bridgehead atoms. The van der Waals surface area contributed by atoms with E-state index in [9.17, 15) is 9.18 Å². The number of amides is 1. The predicted molar refractivity (Wildman–Crippen MR) is 118 cm³/mol. The van der Waals surface area contributed by atoms with E-state index in [4.69, 9.17) is 11.6 Å². The highest BCUT2D eigenvalue weighted by molar-refractivity contribution is 6.33. The van der Waals surface area contributed by atoms with Gasteiger partial charge in [0.25, 0.3) is 5.91 Å². The van der Waals surface area contributed by atoms with E-state index in [1.165, 1.54) is 6.20 Å². The van der Waals surface area contributed by atoms with Crippen LogP contribution in [0.4, 0.5) is 16.0 Å². The molecular weight excluding hydrogens is 444 g/mol. The maximum Gasteiger partial charge on any atom is 0.273 e. The highest BCUT2D eigenvalue weighted by atomic mass is 35.5. The Labute approximate surface area is 190 Å². The predicted octanol–water partition coefficient (Wildman–Crippen LogP) is 4.16. The van der Waals surface area contributed by atoms with E-state index in [0.717, 1.165) is 44.4 Å². The van der Waals surface area contributed by atoms with Crippen molar-refractivity contribution in [2.45, 2.75) is 26.2 Å². The minimum atomic E-state index is -0.554. The van der Waals surface area contributed by atoms with E-state index in [1.54, 1.807) is 28.8 Å². The van der Waals surface area contributed by atoms with Crippen molar-refractivity contribution in [3.8, 4) is 11.4 Å². The summed E-state index contributed by atoms with van der Waals surface area (Å²) in [4.78, 5) is 31.1. The number of hydrogen-bond acceptors (Lipinski definition) is 6. The molecule has 31 heavy (non-hydrogen) atoms. The number of nitrogens with zero attached hydrogens (tertiary/aromatic N) is 6. The molecule has 1 aliphatic rings. The Hall–Kier alpha value is -2.78. The number of piperidine rings is 1. The summed E-state index contributed by atoms with van der Waals surface area (Å²) in [5, 5.41) is 3.20. The summed E-state index contributed by atoms with van der Waals surface area (Å²) in [6.45, 7) is 3.26. The average molecular weight is 466 g/mol. The van der Waals surface area contributed by atoms with Gasteiger partial charge in [-0.3, -0.25) is 4.79 Å². The minimum absolute atomic E-state index is 0. The SMILES string of the molecule is Cc1ncc(-c2nc(Nc3cnc(C(=O)N4CCCCC4)c(Cl)c3)ncc2F)n1C.Cl. The first-order valence-corrected chi connectivity index (χ1v) is 10.0.